The van der Waals surface area contributed by atoms with Crippen LogP contribution in [0.2, 0.25) is 0 Å². The Morgan fingerprint density at radius 2 is 1.92 bits per heavy atom. The van der Waals surface area contributed by atoms with E-state index < -0.39 is 41.1 Å². The summed E-state index contributed by atoms with van der Waals surface area (Å²) in [5, 5.41) is 14.6. The standard InChI is InChI=1S/C28H34N2O7/c1-27(2,3)23-24(31)30-16-28(36-5,15-21(30)25(32)33)20-10-9-17-14-22(35-4)18(12-19(17)13-20)8-6-7-11-37-26(34)29-23/h6,8-10,12-14,21,23H,7,11,15-16H2,1-5H3,(H,29,34)(H,32,33)/b8-6-/t21-,23+,28-/m0/s1. The Labute approximate surface area is 216 Å². The summed E-state index contributed by atoms with van der Waals surface area (Å²) in [6.45, 7) is 5.57. The topological polar surface area (TPSA) is 114 Å². The second-order valence-electron chi connectivity index (χ2n) is 10.6. The summed E-state index contributed by atoms with van der Waals surface area (Å²) in [4.78, 5) is 40.1. The maximum atomic E-state index is 13.8. The fourth-order valence-electron chi connectivity index (χ4n) is 5.09. The van der Waals surface area contributed by atoms with Crippen LogP contribution in [-0.2, 0) is 24.7 Å². The van der Waals surface area contributed by atoms with Gasteiger partial charge in [0.2, 0.25) is 5.91 Å². The third-order valence-electron chi connectivity index (χ3n) is 7.19. The van der Waals surface area contributed by atoms with Gasteiger partial charge in [0, 0.05) is 19.1 Å². The van der Waals surface area contributed by atoms with Crippen LogP contribution in [0.25, 0.3) is 16.8 Å². The molecular weight excluding hydrogens is 476 g/mol. The largest absolute Gasteiger partial charge is 0.496 e. The van der Waals surface area contributed by atoms with Crippen molar-refractivity contribution in [3.05, 3.63) is 47.5 Å². The minimum absolute atomic E-state index is 0.0248. The lowest BCUT2D eigenvalue weighted by Crippen LogP contribution is -2.57. The lowest BCUT2D eigenvalue weighted by Gasteiger charge is -2.35. The van der Waals surface area contributed by atoms with Gasteiger partial charge >= 0.3 is 12.1 Å². The number of carboxylic acid groups (broad SMARTS) is 1. The van der Waals surface area contributed by atoms with E-state index in [1.54, 1.807) is 7.11 Å². The number of nitrogens with zero attached hydrogens (tertiary/aromatic N) is 1. The van der Waals surface area contributed by atoms with Crippen LogP contribution in [0.5, 0.6) is 5.75 Å². The van der Waals surface area contributed by atoms with Gasteiger partial charge in [-0.05, 0) is 46.4 Å². The molecule has 5 bridgehead atoms. The molecule has 1 fully saturated rings. The Balaban J connectivity index is 1.87. The zero-order valence-electron chi connectivity index (χ0n) is 21.9. The molecule has 0 aromatic heterocycles. The van der Waals surface area contributed by atoms with Crippen LogP contribution in [-0.4, -0.2) is 67.4 Å². The van der Waals surface area contributed by atoms with Crippen LogP contribution in [0.3, 0.4) is 0 Å². The second-order valence-corrected chi connectivity index (χ2v) is 10.6. The van der Waals surface area contributed by atoms with Crippen LogP contribution in [0.1, 0.15) is 44.7 Å². The number of ether oxygens (including phenoxy) is 3. The van der Waals surface area contributed by atoms with Crippen LogP contribution >= 0.6 is 0 Å². The van der Waals surface area contributed by atoms with Crippen molar-refractivity contribution in [3.63, 3.8) is 0 Å². The lowest BCUT2D eigenvalue weighted by molar-refractivity contribution is -0.150. The van der Waals surface area contributed by atoms with Gasteiger partial charge in [0.15, 0.2) is 0 Å². The van der Waals surface area contributed by atoms with E-state index in [0.29, 0.717) is 12.2 Å². The van der Waals surface area contributed by atoms with Gasteiger partial charge < -0.3 is 29.5 Å². The van der Waals surface area contributed by atoms with E-state index >= 15 is 0 Å². The van der Waals surface area contributed by atoms with E-state index in [2.05, 4.69) is 5.32 Å². The van der Waals surface area contributed by atoms with Crippen molar-refractivity contribution in [2.24, 2.45) is 5.41 Å². The first-order chi connectivity index (χ1) is 17.5. The monoisotopic (exact) mass is 510 g/mol. The molecule has 0 aliphatic carbocycles. The molecular formula is C28H34N2O7. The lowest BCUT2D eigenvalue weighted by atomic mass is 9.85. The Morgan fingerprint density at radius 3 is 2.57 bits per heavy atom. The number of carbonyl (C=O) groups is 3. The highest BCUT2D eigenvalue weighted by Crippen LogP contribution is 2.41. The van der Waals surface area contributed by atoms with Crippen LogP contribution in [0, 0.1) is 5.41 Å². The third-order valence-corrected chi connectivity index (χ3v) is 7.19. The summed E-state index contributed by atoms with van der Waals surface area (Å²) in [7, 11) is 3.14. The fourth-order valence-corrected chi connectivity index (χ4v) is 5.09. The second kappa shape index (κ2) is 10.0. The van der Waals surface area contributed by atoms with E-state index in [9.17, 15) is 19.5 Å². The number of hydrogen-bond acceptors (Lipinski definition) is 6. The van der Waals surface area contributed by atoms with E-state index in [1.165, 1.54) is 12.0 Å². The van der Waals surface area contributed by atoms with E-state index in [1.807, 2.05) is 63.3 Å². The fraction of sp³-hybridized carbons (Fsp3) is 0.464. The molecule has 2 aliphatic rings. The highest BCUT2D eigenvalue weighted by Gasteiger charge is 2.52. The molecule has 0 spiro atoms. The van der Waals surface area contributed by atoms with Crippen molar-refractivity contribution in [3.8, 4) is 5.75 Å². The van der Waals surface area contributed by atoms with E-state index in [0.717, 1.165) is 21.9 Å². The highest BCUT2D eigenvalue weighted by atomic mass is 16.5. The molecule has 2 amide bonds. The molecule has 0 saturated carbocycles. The van der Waals surface area contributed by atoms with Crippen molar-refractivity contribution < 1.29 is 33.7 Å². The SMILES string of the molecule is COc1cc2ccc3cc2cc1/C=C\CCOC(=O)N[C@@H](C(C)(C)C)C(=O)N1C[C@@]3(OC)C[C@H]1C(=O)O. The minimum Gasteiger partial charge on any atom is -0.496 e. The van der Waals surface area contributed by atoms with Crippen LogP contribution in [0.4, 0.5) is 4.79 Å². The van der Waals surface area contributed by atoms with Gasteiger partial charge in [0.1, 0.15) is 23.4 Å². The number of cyclic esters (lactones) is 1. The first-order valence-electron chi connectivity index (χ1n) is 12.3. The molecule has 9 nitrogen and oxygen atoms in total. The number of carboxylic acids is 1. The number of fused-ring (bicyclic) bond motifs is 5. The molecule has 9 heteroatoms. The number of carbonyl (C=O) groups excluding carboxylic acids is 2. The van der Waals surface area contributed by atoms with Gasteiger partial charge in [-0.15, -0.1) is 0 Å². The maximum absolute atomic E-state index is 13.8. The number of nitrogens with one attached hydrogen (secondary N) is 1. The Bertz CT molecular complexity index is 1250. The van der Waals surface area contributed by atoms with Gasteiger partial charge in [-0.2, -0.15) is 0 Å². The molecule has 2 heterocycles. The molecule has 0 unspecified atom stereocenters. The molecule has 37 heavy (non-hydrogen) atoms. The Kier molecular flexibility index (Phi) is 7.19. The van der Waals surface area contributed by atoms with Crippen molar-refractivity contribution in [1.29, 1.82) is 0 Å². The van der Waals surface area contributed by atoms with Gasteiger partial charge in [0.25, 0.3) is 0 Å². The van der Waals surface area contributed by atoms with Gasteiger partial charge in [0.05, 0.1) is 20.3 Å². The van der Waals surface area contributed by atoms with E-state index in [4.69, 9.17) is 14.2 Å². The molecule has 2 N–H and O–H groups in total. The predicted molar refractivity (Wildman–Crippen MR) is 138 cm³/mol. The number of rotatable bonds is 3. The van der Waals surface area contributed by atoms with Crippen LogP contribution in [0.15, 0.2) is 36.4 Å². The number of benzene rings is 2. The number of alkyl carbamates (subject to hydrolysis) is 1. The quantitative estimate of drug-likeness (QED) is 0.643. The molecule has 198 valence electrons. The molecule has 2 aromatic rings. The number of amides is 2. The zero-order valence-corrected chi connectivity index (χ0v) is 21.9. The predicted octanol–water partition coefficient (Wildman–Crippen LogP) is 3.93. The molecule has 3 atom stereocenters. The average Bonchev–Trinajstić information content (AvgIpc) is 3.26. The van der Waals surface area contributed by atoms with Crippen LogP contribution < -0.4 is 10.1 Å². The number of aliphatic carboxylic acids is 1. The zero-order chi connectivity index (χ0) is 27.0. The first kappa shape index (κ1) is 26.5. The summed E-state index contributed by atoms with van der Waals surface area (Å²) >= 11 is 0. The maximum Gasteiger partial charge on any atom is 0.407 e. The summed E-state index contributed by atoms with van der Waals surface area (Å²) in [6, 6.07) is 7.63. The molecule has 4 rings (SSSR count). The van der Waals surface area contributed by atoms with Gasteiger partial charge in [-0.1, -0.05) is 45.1 Å². The molecule has 1 saturated heterocycles. The first-order valence-corrected chi connectivity index (χ1v) is 12.3. The smallest absolute Gasteiger partial charge is 0.407 e. The summed E-state index contributed by atoms with van der Waals surface area (Å²) in [5.41, 5.74) is -0.116. The van der Waals surface area contributed by atoms with Crippen molar-refractivity contribution in [2.45, 2.75) is 51.3 Å². The summed E-state index contributed by atoms with van der Waals surface area (Å²) in [6.07, 6.45) is 3.60. The average molecular weight is 511 g/mol. The summed E-state index contributed by atoms with van der Waals surface area (Å²) in [5.74, 6) is -0.922. The van der Waals surface area contributed by atoms with Crippen molar-refractivity contribution in [1.82, 2.24) is 10.2 Å². The number of hydrogen-bond donors (Lipinski definition) is 2. The van der Waals surface area contributed by atoms with Crippen molar-refractivity contribution in [2.75, 3.05) is 27.4 Å². The van der Waals surface area contributed by atoms with Gasteiger partial charge in [-0.25, -0.2) is 9.59 Å². The van der Waals surface area contributed by atoms with E-state index in [-0.39, 0.29) is 19.6 Å². The Morgan fingerprint density at radius 1 is 1.16 bits per heavy atom. The molecule has 2 aliphatic heterocycles. The normalized spacial score (nSPS) is 25.6. The number of methoxy groups -OCH3 is 2. The van der Waals surface area contributed by atoms with Gasteiger partial charge in [-0.3, -0.25) is 4.79 Å². The third kappa shape index (κ3) is 5.13. The Hall–Kier alpha value is -3.59. The minimum atomic E-state index is -1.13. The molecule has 2 aromatic carbocycles. The summed E-state index contributed by atoms with van der Waals surface area (Å²) < 4.78 is 16.9. The molecule has 0 radical (unpaired) electrons. The van der Waals surface area contributed by atoms with Crippen molar-refractivity contribution >= 4 is 34.8 Å². The highest BCUT2D eigenvalue weighted by molar-refractivity contribution is 5.91.